The summed E-state index contributed by atoms with van der Waals surface area (Å²) in [5, 5.41) is 5.55. The fraction of sp³-hybridized carbons (Fsp3) is 0.292. The van der Waals surface area contributed by atoms with Crippen LogP contribution in [0.5, 0.6) is 0 Å². The van der Waals surface area contributed by atoms with Crippen LogP contribution in [0, 0.1) is 0 Å². The first-order valence-electron chi connectivity index (χ1n) is 11.0. The van der Waals surface area contributed by atoms with Crippen LogP contribution in [0.1, 0.15) is 30.5 Å². The standard InChI is InChI=1S/C24H24F3N5O3S/c1-14(2)32-20-8-7-17(10-16(20)11-21(32)33)30-23-29-13-19(24(25,26)27)22(31-23)28-12-15-5-4-6-18(9-15)36(3,34)35/h4-10,13-14H,11-12H2,1-3H3,(H2,28,29,30,31). The SMILES string of the molecule is CC(C)N1C(=O)Cc2cc(Nc3ncc(C(F)(F)F)c(NCc4cccc(S(C)(=O)=O)c4)n3)ccc21. The van der Waals surface area contributed by atoms with Crippen LogP contribution in [0.3, 0.4) is 0 Å². The van der Waals surface area contributed by atoms with Gasteiger partial charge < -0.3 is 15.5 Å². The lowest BCUT2D eigenvalue weighted by molar-refractivity contribution is -0.137. The first kappa shape index (κ1) is 25.4. The second kappa shape index (κ2) is 9.41. The number of amides is 1. The number of nitrogens with zero attached hydrogens (tertiary/aromatic N) is 3. The lowest BCUT2D eigenvalue weighted by Gasteiger charge is -2.22. The summed E-state index contributed by atoms with van der Waals surface area (Å²) in [7, 11) is -3.46. The topological polar surface area (TPSA) is 104 Å². The molecule has 0 atom stereocenters. The molecule has 12 heteroatoms. The summed E-state index contributed by atoms with van der Waals surface area (Å²) in [6, 6.07) is 11.2. The number of anilines is 4. The van der Waals surface area contributed by atoms with Crippen molar-refractivity contribution >= 4 is 38.9 Å². The number of rotatable bonds is 7. The van der Waals surface area contributed by atoms with Crippen molar-refractivity contribution in [2.24, 2.45) is 0 Å². The predicted molar refractivity (Wildman–Crippen MR) is 130 cm³/mol. The predicted octanol–water partition coefficient (Wildman–Crippen LogP) is 4.55. The van der Waals surface area contributed by atoms with E-state index < -0.39 is 27.4 Å². The Bertz CT molecular complexity index is 1420. The second-order valence-corrected chi connectivity index (χ2v) is 10.7. The number of halogens is 3. The Morgan fingerprint density at radius 2 is 1.89 bits per heavy atom. The zero-order valence-corrected chi connectivity index (χ0v) is 20.5. The van der Waals surface area contributed by atoms with Gasteiger partial charge in [0.15, 0.2) is 9.84 Å². The summed E-state index contributed by atoms with van der Waals surface area (Å²) < 4.78 is 64.3. The van der Waals surface area contributed by atoms with Crippen LogP contribution in [-0.4, -0.2) is 36.6 Å². The number of fused-ring (bicyclic) bond motifs is 1. The summed E-state index contributed by atoms with van der Waals surface area (Å²) in [4.78, 5) is 21.9. The Balaban J connectivity index is 1.59. The van der Waals surface area contributed by atoms with E-state index in [1.54, 1.807) is 29.2 Å². The Labute approximate surface area is 206 Å². The van der Waals surface area contributed by atoms with E-state index in [1.165, 1.54) is 18.2 Å². The lowest BCUT2D eigenvalue weighted by atomic mass is 10.1. The van der Waals surface area contributed by atoms with Gasteiger partial charge in [0.05, 0.1) is 11.3 Å². The third-order valence-electron chi connectivity index (χ3n) is 5.60. The van der Waals surface area contributed by atoms with Gasteiger partial charge in [0.25, 0.3) is 0 Å². The summed E-state index contributed by atoms with van der Waals surface area (Å²) in [6.45, 7) is 3.75. The molecule has 36 heavy (non-hydrogen) atoms. The van der Waals surface area contributed by atoms with Crippen LogP contribution in [-0.2, 0) is 33.8 Å². The number of benzene rings is 2. The maximum absolute atomic E-state index is 13.6. The zero-order chi connectivity index (χ0) is 26.3. The summed E-state index contributed by atoms with van der Waals surface area (Å²) in [5.41, 5.74) is 1.54. The van der Waals surface area contributed by atoms with Crippen LogP contribution in [0.2, 0.25) is 0 Å². The molecule has 2 aromatic carbocycles. The molecular formula is C24H24F3N5O3S. The van der Waals surface area contributed by atoms with Crippen molar-refractivity contribution in [1.29, 1.82) is 0 Å². The average Bonchev–Trinajstić information content (AvgIpc) is 3.12. The first-order chi connectivity index (χ1) is 16.8. The van der Waals surface area contributed by atoms with Gasteiger partial charge in [0, 0.05) is 36.4 Å². The Morgan fingerprint density at radius 3 is 2.56 bits per heavy atom. The smallest absolute Gasteiger partial charge is 0.365 e. The van der Waals surface area contributed by atoms with Crippen LogP contribution < -0.4 is 15.5 Å². The van der Waals surface area contributed by atoms with Crippen LogP contribution >= 0.6 is 0 Å². The highest BCUT2D eigenvalue weighted by Gasteiger charge is 2.35. The van der Waals surface area contributed by atoms with Gasteiger partial charge in [-0.05, 0) is 55.3 Å². The Morgan fingerprint density at radius 1 is 1.14 bits per heavy atom. The van der Waals surface area contributed by atoms with Crippen molar-refractivity contribution < 1.29 is 26.4 Å². The number of hydrogen-bond acceptors (Lipinski definition) is 7. The molecule has 0 spiro atoms. The zero-order valence-electron chi connectivity index (χ0n) is 19.7. The van der Waals surface area contributed by atoms with E-state index >= 15 is 0 Å². The van der Waals surface area contributed by atoms with Gasteiger partial charge in [-0.3, -0.25) is 4.79 Å². The molecular weight excluding hydrogens is 495 g/mol. The van der Waals surface area contributed by atoms with E-state index in [0.717, 1.165) is 17.5 Å². The highest BCUT2D eigenvalue weighted by Crippen LogP contribution is 2.36. The molecule has 0 saturated heterocycles. The molecule has 2 heterocycles. The molecule has 1 amide bonds. The lowest BCUT2D eigenvalue weighted by Crippen LogP contribution is -2.33. The molecule has 0 unspecified atom stereocenters. The molecule has 0 radical (unpaired) electrons. The van der Waals surface area contributed by atoms with Crippen LogP contribution in [0.15, 0.2) is 53.6 Å². The maximum Gasteiger partial charge on any atom is 0.421 e. The number of carbonyl (C=O) groups is 1. The molecule has 3 aromatic rings. The minimum Gasteiger partial charge on any atom is -0.365 e. The summed E-state index contributed by atoms with van der Waals surface area (Å²) >= 11 is 0. The molecule has 0 bridgehead atoms. The molecule has 1 aliphatic rings. The number of aromatic nitrogens is 2. The number of sulfone groups is 1. The van der Waals surface area contributed by atoms with Crippen molar-refractivity contribution in [2.45, 2.75) is 43.9 Å². The molecule has 1 aliphatic heterocycles. The van der Waals surface area contributed by atoms with Crippen LogP contribution in [0.4, 0.5) is 36.3 Å². The summed E-state index contributed by atoms with van der Waals surface area (Å²) in [5.74, 6) is -0.540. The van der Waals surface area contributed by atoms with Crippen molar-refractivity contribution in [2.75, 3.05) is 21.8 Å². The Kier molecular flexibility index (Phi) is 6.65. The highest BCUT2D eigenvalue weighted by atomic mass is 32.2. The fourth-order valence-electron chi connectivity index (χ4n) is 3.97. The third kappa shape index (κ3) is 5.43. The molecule has 0 aliphatic carbocycles. The van der Waals surface area contributed by atoms with Crippen molar-refractivity contribution in [3.8, 4) is 0 Å². The minimum atomic E-state index is -4.70. The number of alkyl halides is 3. The normalized spacial score (nSPS) is 13.8. The monoisotopic (exact) mass is 519 g/mol. The molecule has 0 fully saturated rings. The number of nitrogens with one attached hydrogen (secondary N) is 2. The molecule has 1 aromatic heterocycles. The van der Waals surface area contributed by atoms with Gasteiger partial charge >= 0.3 is 6.18 Å². The average molecular weight is 520 g/mol. The quantitative estimate of drug-likeness (QED) is 0.472. The van der Waals surface area contributed by atoms with Crippen molar-refractivity contribution in [1.82, 2.24) is 9.97 Å². The minimum absolute atomic E-state index is 0.00238. The molecule has 0 saturated carbocycles. The van der Waals surface area contributed by atoms with Crippen molar-refractivity contribution in [3.63, 3.8) is 0 Å². The third-order valence-corrected chi connectivity index (χ3v) is 6.71. The van der Waals surface area contributed by atoms with E-state index in [0.29, 0.717) is 17.4 Å². The molecule has 8 nitrogen and oxygen atoms in total. The highest BCUT2D eigenvalue weighted by molar-refractivity contribution is 7.90. The van der Waals surface area contributed by atoms with Gasteiger partial charge in [0.1, 0.15) is 11.4 Å². The van der Waals surface area contributed by atoms with E-state index in [2.05, 4.69) is 20.6 Å². The molecule has 190 valence electrons. The number of hydrogen-bond donors (Lipinski definition) is 2. The van der Waals surface area contributed by atoms with E-state index in [4.69, 9.17) is 0 Å². The van der Waals surface area contributed by atoms with Crippen LogP contribution in [0.25, 0.3) is 0 Å². The van der Waals surface area contributed by atoms with Gasteiger partial charge in [0.2, 0.25) is 11.9 Å². The van der Waals surface area contributed by atoms with Crippen molar-refractivity contribution in [3.05, 3.63) is 65.4 Å². The van der Waals surface area contributed by atoms with E-state index in [1.807, 2.05) is 13.8 Å². The van der Waals surface area contributed by atoms with Gasteiger partial charge in [-0.1, -0.05) is 12.1 Å². The fourth-order valence-corrected chi connectivity index (χ4v) is 4.66. The molecule has 4 rings (SSSR count). The maximum atomic E-state index is 13.6. The largest absolute Gasteiger partial charge is 0.421 e. The van der Waals surface area contributed by atoms with Gasteiger partial charge in [-0.2, -0.15) is 18.2 Å². The molecule has 2 N–H and O–H groups in total. The van der Waals surface area contributed by atoms with Gasteiger partial charge in [-0.15, -0.1) is 0 Å². The van der Waals surface area contributed by atoms with E-state index in [9.17, 15) is 26.4 Å². The second-order valence-electron chi connectivity index (χ2n) is 8.73. The summed E-state index contributed by atoms with van der Waals surface area (Å²) in [6.07, 6.45) is -2.74. The Hall–Kier alpha value is -3.67. The van der Waals surface area contributed by atoms with Gasteiger partial charge in [-0.25, -0.2) is 13.4 Å². The number of carbonyl (C=O) groups excluding carboxylic acids is 1. The van der Waals surface area contributed by atoms with E-state index in [-0.39, 0.29) is 35.8 Å². The first-order valence-corrected chi connectivity index (χ1v) is 12.9.